The maximum atomic E-state index is 12.6. The van der Waals surface area contributed by atoms with Gasteiger partial charge in [0, 0.05) is 0 Å². The van der Waals surface area contributed by atoms with Gasteiger partial charge in [-0.1, -0.05) is 60.7 Å². The van der Waals surface area contributed by atoms with E-state index >= 15 is 0 Å². The van der Waals surface area contributed by atoms with Crippen molar-refractivity contribution in [3.05, 3.63) is 71.8 Å². The topological polar surface area (TPSA) is 52.6 Å². The van der Waals surface area contributed by atoms with Gasteiger partial charge in [-0.05, 0) is 38.3 Å². The standard InChI is InChI=1S/C22H26O4.H2S/c1-22(2,3)26-20(23)15-19(14-17-10-6-4-7-11-17)21(24)25-16-18-12-8-5-9-13-18;/h4-13,19H,14-16H2,1-3H3;1H2/t19-;/m1./s1. The van der Waals surface area contributed by atoms with E-state index in [1.807, 2.05) is 81.4 Å². The first-order valence-corrected chi connectivity index (χ1v) is 8.80. The molecule has 0 bridgehead atoms. The van der Waals surface area contributed by atoms with Gasteiger partial charge >= 0.3 is 11.9 Å². The molecule has 0 saturated heterocycles. The lowest BCUT2D eigenvalue weighted by Gasteiger charge is -2.22. The number of rotatable bonds is 7. The van der Waals surface area contributed by atoms with Gasteiger partial charge in [-0.3, -0.25) is 9.59 Å². The molecule has 2 aromatic carbocycles. The first kappa shape index (κ1) is 22.8. The Morgan fingerprint density at radius 1 is 0.889 bits per heavy atom. The van der Waals surface area contributed by atoms with Gasteiger partial charge in [-0.25, -0.2) is 0 Å². The maximum absolute atomic E-state index is 12.6. The number of carbonyl (C=O) groups excluding carboxylic acids is 2. The third-order valence-corrected chi connectivity index (χ3v) is 3.72. The van der Waals surface area contributed by atoms with Gasteiger partial charge < -0.3 is 9.47 Å². The normalized spacial score (nSPS) is 11.8. The van der Waals surface area contributed by atoms with E-state index in [1.54, 1.807) is 0 Å². The summed E-state index contributed by atoms with van der Waals surface area (Å²) in [6.45, 7) is 5.62. The SMILES string of the molecule is CC(C)(C)OC(=O)C[C@@H](Cc1ccccc1)C(=O)OCc1ccccc1.S. The summed E-state index contributed by atoms with van der Waals surface area (Å²) in [5.41, 5.74) is 1.32. The molecule has 0 amide bonds. The van der Waals surface area contributed by atoms with Crippen LogP contribution in [0.4, 0.5) is 0 Å². The third-order valence-electron chi connectivity index (χ3n) is 3.72. The van der Waals surface area contributed by atoms with Gasteiger partial charge in [0.05, 0.1) is 12.3 Å². The molecule has 0 aromatic heterocycles. The second-order valence-corrected chi connectivity index (χ2v) is 7.27. The van der Waals surface area contributed by atoms with Crippen LogP contribution in [0.3, 0.4) is 0 Å². The molecule has 0 fully saturated rings. The van der Waals surface area contributed by atoms with Crippen molar-refractivity contribution in [3.8, 4) is 0 Å². The zero-order valence-electron chi connectivity index (χ0n) is 16.1. The highest BCUT2D eigenvalue weighted by atomic mass is 32.1. The Kier molecular flexibility index (Phi) is 9.09. The molecule has 2 rings (SSSR count). The van der Waals surface area contributed by atoms with Crippen molar-refractivity contribution >= 4 is 25.4 Å². The van der Waals surface area contributed by atoms with Crippen molar-refractivity contribution in [2.75, 3.05) is 0 Å². The molecule has 1 atom stereocenters. The highest BCUT2D eigenvalue weighted by Crippen LogP contribution is 2.18. The number of hydrogen-bond donors (Lipinski definition) is 0. The lowest BCUT2D eigenvalue weighted by molar-refractivity contribution is -0.162. The largest absolute Gasteiger partial charge is 0.461 e. The minimum atomic E-state index is -0.581. The summed E-state index contributed by atoms with van der Waals surface area (Å²) in [5, 5.41) is 0. The van der Waals surface area contributed by atoms with E-state index in [2.05, 4.69) is 0 Å². The van der Waals surface area contributed by atoms with Crippen molar-refractivity contribution in [2.24, 2.45) is 5.92 Å². The van der Waals surface area contributed by atoms with Gasteiger partial charge in [0.15, 0.2) is 0 Å². The summed E-state index contributed by atoms with van der Waals surface area (Å²) in [6, 6.07) is 19.1. The van der Waals surface area contributed by atoms with E-state index in [4.69, 9.17) is 9.47 Å². The number of ether oxygens (including phenoxy) is 2. The van der Waals surface area contributed by atoms with Crippen LogP contribution in [0.1, 0.15) is 38.3 Å². The second-order valence-electron chi connectivity index (χ2n) is 7.27. The van der Waals surface area contributed by atoms with Gasteiger partial charge in [-0.15, -0.1) is 0 Å². The predicted molar refractivity (Wildman–Crippen MR) is 111 cm³/mol. The number of hydrogen-bond acceptors (Lipinski definition) is 4. The molecular weight excluding hydrogens is 360 g/mol. The summed E-state index contributed by atoms with van der Waals surface area (Å²) in [4.78, 5) is 24.8. The highest BCUT2D eigenvalue weighted by Gasteiger charge is 2.27. The highest BCUT2D eigenvalue weighted by molar-refractivity contribution is 7.59. The minimum absolute atomic E-state index is 0. The minimum Gasteiger partial charge on any atom is -0.461 e. The fraction of sp³-hybridized carbons (Fsp3) is 0.364. The van der Waals surface area contributed by atoms with Crippen molar-refractivity contribution in [1.29, 1.82) is 0 Å². The van der Waals surface area contributed by atoms with Crippen LogP contribution in [0.25, 0.3) is 0 Å². The Labute approximate surface area is 168 Å². The maximum Gasteiger partial charge on any atom is 0.310 e. The van der Waals surface area contributed by atoms with E-state index in [9.17, 15) is 9.59 Å². The molecule has 2 aromatic rings. The average Bonchev–Trinajstić information content (AvgIpc) is 2.59. The van der Waals surface area contributed by atoms with Crippen LogP contribution in [0.15, 0.2) is 60.7 Å². The molecule has 27 heavy (non-hydrogen) atoms. The first-order chi connectivity index (χ1) is 12.3. The Morgan fingerprint density at radius 2 is 1.41 bits per heavy atom. The average molecular weight is 389 g/mol. The quantitative estimate of drug-likeness (QED) is 0.658. The van der Waals surface area contributed by atoms with Crippen LogP contribution in [0.2, 0.25) is 0 Å². The molecule has 0 unspecified atom stereocenters. The zero-order chi connectivity index (χ0) is 19.0. The van der Waals surface area contributed by atoms with Crippen molar-refractivity contribution in [2.45, 2.75) is 45.8 Å². The van der Waals surface area contributed by atoms with Crippen LogP contribution in [0.5, 0.6) is 0 Å². The summed E-state index contributed by atoms with van der Waals surface area (Å²) in [7, 11) is 0. The van der Waals surface area contributed by atoms with Gasteiger partial charge in [-0.2, -0.15) is 13.5 Å². The van der Waals surface area contributed by atoms with E-state index in [-0.39, 0.29) is 32.5 Å². The Morgan fingerprint density at radius 3 is 1.93 bits per heavy atom. The molecule has 0 heterocycles. The molecule has 0 spiro atoms. The lowest BCUT2D eigenvalue weighted by Crippen LogP contribution is -2.29. The first-order valence-electron chi connectivity index (χ1n) is 8.80. The van der Waals surface area contributed by atoms with Crippen LogP contribution in [-0.4, -0.2) is 17.5 Å². The number of carbonyl (C=O) groups is 2. The Hall–Kier alpha value is -2.27. The summed E-state index contributed by atoms with van der Waals surface area (Å²) < 4.78 is 10.8. The molecule has 4 nitrogen and oxygen atoms in total. The summed E-state index contributed by atoms with van der Waals surface area (Å²) >= 11 is 0. The van der Waals surface area contributed by atoms with Crippen molar-refractivity contribution in [1.82, 2.24) is 0 Å². The molecule has 0 aliphatic carbocycles. The fourth-order valence-electron chi connectivity index (χ4n) is 2.57. The van der Waals surface area contributed by atoms with Gasteiger partial charge in [0.25, 0.3) is 0 Å². The summed E-state index contributed by atoms with van der Waals surface area (Å²) in [5.74, 6) is -1.35. The molecule has 146 valence electrons. The molecule has 0 radical (unpaired) electrons. The van der Waals surface area contributed by atoms with Crippen LogP contribution >= 0.6 is 13.5 Å². The molecule has 0 aliphatic heterocycles. The zero-order valence-corrected chi connectivity index (χ0v) is 17.1. The Bertz CT molecular complexity index is 708. The third kappa shape index (κ3) is 8.78. The fourth-order valence-corrected chi connectivity index (χ4v) is 2.57. The van der Waals surface area contributed by atoms with E-state index in [0.29, 0.717) is 6.42 Å². The van der Waals surface area contributed by atoms with Crippen molar-refractivity contribution < 1.29 is 19.1 Å². The number of benzene rings is 2. The molecule has 0 N–H and O–H groups in total. The number of esters is 2. The van der Waals surface area contributed by atoms with Gasteiger partial charge in [0.1, 0.15) is 12.2 Å². The van der Waals surface area contributed by atoms with E-state index in [1.165, 1.54) is 0 Å². The summed E-state index contributed by atoms with van der Waals surface area (Å²) in [6.07, 6.45) is 0.438. The van der Waals surface area contributed by atoms with E-state index in [0.717, 1.165) is 11.1 Å². The van der Waals surface area contributed by atoms with Crippen LogP contribution < -0.4 is 0 Å². The molecule has 5 heteroatoms. The van der Waals surface area contributed by atoms with Crippen molar-refractivity contribution in [3.63, 3.8) is 0 Å². The Balaban J connectivity index is 0.00000364. The molecular formula is C22H28O4S. The van der Waals surface area contributed by atoms with Crippen LogP contribution in [-0.2, 0) is 32.1 Å². The molecule has 0 saturated carbocycles. The second kappa shape index (κ2) is 10.8. The monoisotopic (exact) mass is 388 g/mol. The predicted octanol–water partition coefficient (Wildman–Crippen LogP) is 4.43. The smallest absolute Gasteiger partial charge is 0.310 e. The van der Waals surface area contributed by atoms with Crippen LogP contribution in [0, 0.1) is 5.92 Å². The lowest BCUT2D eigenvalue weighted by atomic mass is 9.96. The molecule has 0 aliphatic rings. The van der Waals surface area contributed by atoms with E-state index < -0.39 is 17.5 Å². The van der Waals surface area contributed by atoms with Gasteiger partial charge in [0.2, 0.25) is 0 Å².